The van der Waals surface area contributed by atoms with Gasteiger partial charge in [-0.1, -0.05) is 0 Å². The molecule has 0 radical (unpaired) electrons. The molecule has 0 aliphatic carbocycles. The lowest BCUT2D eigenvalue weighted by Crippen LogP contribution is -2.41. The topological polar surface area (TPSA) is 34.8 Å². The zero-order valence-corrected chi connectivity index (χ0v) is 12.1. The standard InChI is InChI=1S/C13H22BNO3/c1-12(2)13(3,4)18-14(17-12)11-8-7-10(16-11)9-15(5)6/h7-8H,9H2,1-6H3. The number of nitrogens with zero attached hydrogens (tertiary/aromatic N) is 1. The minimum Gasteiger partial charge on any atom is -0.468 e. The van der Waals surface area contributed by atoms with E-state index in [4.69, 9.17) is 13.7 Å². The molecule has 0 bridgehead atoms. The SMILES string of the molecule is CN(C)Cc1ccc(B2OC(C)(C)C(C)(C)O2)o1. The fraction of sp³-hybridized carbons (Fsp3) is 0.692. The summed E-state index contributed by atoms with van der Waals surface area (Å²) in [5.74, 6) is 0.921. The Hall–Kier alpha value is -0.775. The Morgan fingerprint density at radius 3 is 2.11 bits per heavy atom. The van der Waals surface area contributed by atoms with Crippen molar-refractivity contribution in [2.75, 3.05) is 14.1 Å². The molecule has 0 atom stereocenters. The van der Waals surface area contributed by atoms with Crippen LogP contribution in [-0.4, -0.2) is 37.3 Å². The molecule has 0 N–H and O–H groups in total. The summed E-state index contributed by atoms with van der Waals surface area (Å²) in [6.07, 6.45) is 0. The molecule has 0 unspecified atom stereocenters. The van der Waals surface area contributed by atoms with Crippen LogP contribution in [0.15, 0.2) is 16.5 Å². The molecule has 2 rings (SSSR count). The summed E-state index contributed by atoms with van der Waals surface area (Å²) >= 11 is 0. The smallest absolute Gasteiger partial charge is 0.468 e. The van der Waals surface area contributed by atoms with Gasteiger partial charge in [-0.05, 0) is 53.9 Å². The van der Waals surface area contributed by atoms with Crippen LogP contribution in [0.25, 0.3) is 0 Å². The van der Waals surface area contributed by atoms with Crippen molar-refractivity contribution in [3.05, 3.63) is 17.9 Å². The zero-order valence-electron chi connectivity index (χ0n) is 12.1. The Kier molecular flexibility index (Phi) is 3.34. The van der Waals surface area contributed by atoms with Gasteiger partial charge in [0.2, 0.25) is 0 Å². The predicted octanol–water partition coefficient (Wildman–Crippen LogP) is 1.64. The normalized spacial score (nSPS) is 21.8. The molecule has 100 valence electrons. The summed E-state index contributed by atoms with van der Waals surface area (Å²) < 4.78 is 17.7. The minimum atomic E-state index is -0.411. The zero-order chi connectivity index (χ0) is 13.6. The third-order valence-electron chi connectivity index (χ3n) is 3.64. The highest BCUT2D eigenvalue weighted by Crippen LogP contribution is 2.36. The third-order valence-corrected chi connectivity index (χ3v) is 3.64. The summed E-state index contributed by atoms with van der Waals surface area (Å²) in [6.45, 7) is 8.93. The number of hydrogen-bond donors (Lipinski definition) is 0. The Morgan fingerprint density at radius 1 is 1.06 bits per heavy atom. The summed E-state index contributed by atoms with van der Waals surface area (Å²) in [5.41, 5.74) is 0.0868. The van der Waals surface area contributed by atoms with Crippen LogP contribution in [0.4, 0.5) is 0 Å². The predicted molar refractivity (Wildman–Crippen MR) is 71.8 cm³/mol. The van der Waals surface area contributed by atoms with Crippen molar-refractivity contribution in [3.8, 4) is 0 Å². The highest BCUT2D eigenvalue weighted by atomic mass is 16.7. The molecular weight excluding hydrogens is 229 g/mol. The summed E-state index contributed by atoms with van der Waals surface area (Å²) in [6, 6.07) is 3.90. The molecule has 0 amide bonds. The van der Waals surface area contributed by atoms with Crippen molar-refractivity contribution >= 4 is 12.8 Å². The maximum absolute atomic E-state index is 5.94. The molecule has 18 heavy (non-hydrogen) atoms. The second-order valence-corrected chi connectivity index (χ2v) is 6.13. The number of rotatable bonds is 3. The highest BCUT2D eigenvalue weighted by molar-refractivity contribution is 6.60. The molecule has 2 heterocycles. The van der Waals surface area contributed by atoms with Crippen LogP contribution < -0.4 is 5.66 Å². The molecule has 1 saturated heterocycles. The Bertz CT molecular complexity index is 410. The number of hydrogen-bond acceptors (Lipinski definition) is 4. The van der Waals surface area contributed by atoms with Gasteiger partial charge in [-0.2, -0.15) is 0 Å². The molecule has 0 spiro atoms. The molecule has 1 aromatic heterocycles. The van der Waals surface area contributed by atoms with Crippen molar-refractivity contribution in [2.24, 2.45) is 0 Å². The average Bonchev–Trinajstić information content (AvgIpc) is 2.70. The molecule has 4 nitrogen and oxygen atoms in total. The van der Waals surface area contributed by atoms with E-state index in [1.54, 1.807) is 0 Å². The van der Waals surface area contributed by atoms with Gasteiger partial charge in [-0.3, -0.25) is 0 Å². The second-order valence-electron chi connectivity index (χ2n) is 6.13. The monoisotopic (exact) mass is 251 g/mol. The quantitative estimate of drug-likeness (QED) is 0.765. The molecule has 0 aromatic carbocycles. The first-order chi connectivity index (χ1) is 8.21. The minimum absolute atomic E-state index is 0.327. The molecule has 1 aliphatic rings. The second kappa shape index (κ2) is 4.40. The largest absolute Gasteiger partial charge is 0.532 e. The van der Waals surface area contributed by atoms with Crippen LogP contribution in [0.5, 0.6) is 0 Å². The van der Waals surface area contributed by atoms with Gasteiger partial charge in [0.1, 0.15) is 11.4 Å². The molecule has 1 fully saturated rings. The summed E-state index contributed by atoms with van der Waals surface area (Å²) in [5, 5.41) is 0. The van der Waals surface area contributed by atoms with E-state index >= 15 is 0 Å². The molecular formula is C13H22BNO3. The van der Waals surface area contributed by atoms with Crippen molar-refractivity contribution < 1.29 is 13.7 Å². The Morgan fingerprint density at radius 2 is 1.61 bits per heavy atom. The van der Waals surface area contributed by atoms with Crippen LogP contribution >= 0.6 is 0 Å². The molecule has 1 aliphatic heterocycles. The van der Waals surface area contributed by atoms with Gasteiger partial charge in [-0.25, -0.2) is 0 Å². The van der Waals surface area contributed by atoms with Crippen molar-refractivity contribution in [3.63, 3.8) is 0 Å². The molecule has 5 heteroatoms. The van der Waals surface area contributed by atoms with Gasteiger partial charge in [-0.15, -0.1) is 0 Å². The Labute approximate surface area is 109 Å². The van der Waals surface area contributed by atoms with Crippen LogP contribution in [0.3, 0.4) is 0 Å². The van der Waals surface area contributed by atoms with E-state index in [0.29, 0.717) is 0 Å². The number of furan rings is 1. The van der Waals surface area contributed by atoms with Crippen LogP contribution in [-0.2, 0) is 15.9 Å². The van der Waals surface area contributed by atoms with Crippen LogP contribution in [0.2, 0.25) is 0 Å². The van der Waals surface area contributed by atoms with E-state index in [1.807, 2.05) is 53.9 Å². The van der Waals surface area contributed by atoms with Crippen LogP contribution in [0, 0.1) is 0 Å². The van der Waals surface area contributed by atoms with E-state index in [-0.39, 0.29) is 11.2 Å². The fourth-order valence-corrected chi connectivity index (χ4v) is 1.88. The van der Waals surface area contributed by atoms with E-state index in [1.165, 1.54) is 0 Å². The van der Waals surface area contributed by atoms with Gasteiger partial charge in [0, 0.05) is 0 Å². The van der Waals surface area contributed by atoms with Gasteiger partial charge in [0.05, 0.1) is 17.7 Å². The van der Waals surface area contributed by atoms with Gasteiger partial charge in [0.15, 0.2) is 0 Å². The van der Waals surface area contributed by atoms with Gasteiger partial charge in [0.25, 0.3) is 0 Å². The third kappa shape index (κ3) is 2.48. The lowest BCUT2D eigenvalue weighted by Gasteiger charge is -2.32. The summed E-state index contributed by atoms with van der Waals surface area (Å²) in [7, 11) is 3.61. The van der Waals surface area contributed by atoms with Crippen molar-refractivity contribution in [1.82, 2.24) is 4.90 Å². The Balaban J connectivity index is 2.12. The van der Waals surface area contributed by atoms with Gasteiger partial charge >= 0.3 is 7.12 Å². The fourth-order valence-electron chi connectivity index (χ4n) is 1.88. The average molecular weight is 251 g/mol. The first-order valence-electron chi connectivity index (χ1n) is 6.30. The molecule has 1 aromatic rings. The van der Waals surface area contributed by atoms with Crippen molar-refractivity contribution in [1.29, 1.82) is 0 Å². The van der Waals surface area contributed by atoms with Crippen molar-refractivity contribution in [2.45, 2.75) is 45.4 Å². The van der Waals surface area contributed by atoms with Gasteiger partial charge < -0.3 is 18.6 Å². The lowest BCUT2D eigenvalue weighted by molar-refractivity contribution is 0.00578. The van der Waals surface area contributed by atoms with E-state index in [0.717, 1.165) is 18.0 Å². The summed E-state index contributed by atoms with van der Waals surface area (Å²) in [4.78, 5) is 2.06. The maximum Gasteiger partial charge on any atom is 0.532 e. The maximum atomic E-state index is 5.94. The first kappa shape index (κ1) is 13.7. The van der Waals surface area contributed by atoms with E-state index in [9.17, 15) is 0 Å². The van der Waals surface area contributed by atoms with Crippen LogP contribution in [0.1, 0.15) is 33.5 Å². The lowest BCUT2D eigenvalue weighted by atomic mass is 9.86. The first-order valence-corrected chi connectivity index (χ1v) is 6.30. The molecule has 0 saturated carbocycles. The van der Waals surface area contributed by atoms with E-state index in [2.05, 4.69) is 4.90 Å². The van der Waals surface area contributed by atoms with E-state index < -0.39 is 7.12 Å². The highest BCUT2D eigenvalue weighted by Gasteiger charge is 2.53.